The molecule has 0 saturated carbocycles. The second-order valence-electron chi connectivity index (χ2n) is 9.11. The molecular formula is C27H37Cl2N3O4S. The highest BCUT2D eigenvalue weighted by molar-refractivity contribution is 7.92. The number of sulfonamides is 1. The molecule has 0 spiro atoms. The quantitative estimate of drug-likeness (QED) is 0.301. The van der Waals surface area contributed by atoms with E-state index < -0.39 is 16.1 Å². The predicted octanol–water partition coefficient (Wildman–Crippen LogP) is 5.57. The third-order valence-corrected chi connectivity index (χ3v) is 7.75. The molecule has 0 radical (unpaired) electrons. The Morgan fingerprint density at radius 3 is 2.30 bits per heavy atom. The van der Waals surface area contributed by atoms with Crippen LogP contribution in [0.4, 0.5) is 5.69 Å². The number of halogens is 2. The summed E-state index contributed by atoms with van der Waals surface area (Å²) in [5.74, 6) is -0.399. The summed E-state index contributed by atoms with van der Waals surface area (Å²) in [4.78, 5) is 28.1. The molecule has 0 heterocycles. The van der Waals surface area contributed by atoms with Crippen molar-refractivity contribution in [3.63, 3.8) is 0 Å². The number of carbonyl (C=O) groups excluding carboxylic acids is 2. The van der Waals surface area contributed by atoms with Gasteiger partial charge in [0.2, 0.25) is 21.8 Å². The first-order valence-electron chi connectivity index (χ1n) is 12.5. The molecule has 0 aliphatic carbocycles. The Morgan fingerprint density at radius 1 is 1.03 bits per heavy atom. The van der Waals surface area contributed by atoms with Crippen LogP contribution in [0.5, 0.6) is 0 Å². The van der Waals surface area contributed by atoms with E-state index in [9.17, 15) is 18.0 Å². The van der Waals surface area contributed by atoms with Crippen LogP contribution >= 0.6 is 23.2 Å². The van der Waals surface area contributed by atoms with E-state index in [1.54, 1.807) is 11.0 Å². The van der Waals surface area contributed by atoms with Crippen LogP contribution in [-0.4, -0.2) is 50.5 Å². The summed E-state index contributed by atoms with van der Waals surface area (Å²) in [7, 11) is -3.67. The summed E-state index contributed by atoms with van der Waals surface area (Å²) in [6.45, 7) is 6.81. The van der Waals surface area contributed by atoms with Gasteiger partial charge in [0.15, 0.2) is 0 Å². The molecule has 7 nitrogen and oxygen atoms in total. The topological polar surface area (TPSA) is 86.8 Å². The van der Waals surface area contributed by atoms with Gasteiger partial charge in [0, 0.05) is 31.1 Å². The average Bonchev–Trinajstić information content (AvgIpc) is 2.84. The Labute approximate surface area is 231 Å². The lowest BCUT2D eigenvalue weighted by Gasteiger charge is -2.31. The summed E-state index contributed by atoms with van der Waals surface area (Å²) >= 11 is 12.3. The van der Waals surface area contributed by atoms with Gasteiger partial charge in [0.05, 0.1) is 17.0 Å². The molecule has 0 fully saturated rings. The number of rotatable bonds is 14. The highest BCUT2D eigenvalue weighted by atomic mass is 35.5. The number of hydrogen-bond donors (Lipinski definition) is 1. The van der Waals surface area contributed by atoms with Gasteiger partial charge in [-0.3, -0.25) is 13.9 Å². The number of aryl methyl sites for hydroxylation is 1. The Hall–Kier alpha value is -2.29. The standard InChI is InChI=1S/C27H37Cl2N3O4S/c1-5-7-16-30-27(34)24(6-2)31(19-21-12-10-20(3)11-13-21)26(33)9-8-17-32(37(4,35)36)25-18-22(28)14-15-23(25)29/h10-15,18,24H,5-9,16-17,19H2,1-4H3,(H,30,34). The number of nitrogens with zero attached hydrogens (tertiary/aromatic N) is 2. The van der Waals surface area contributed by atoms with Gasteiger partial charge in [-0.15, -0.1) is 0 Å². The van der Waals surface area contributed by atoms with Crippen molar-refractivity contribution in [2.75, 3.05) is 23.7 Å². The van der Waals surface area contributed by atoms with E-state index in [0.29, 0.717) is 18.0 Å². The van der Waals surface area contributed by atoms with E-state index in [0.717, 1.165) is 34.5 Å². The minimum atomic E-state index is -3.67. The molecule has 2 rings (SSSR count). The van der Waals surface area contributed by atoms with Crippen molar-refractivity contribution in [2.24, 2.45) is 0 Å². The molecule has 0 saturated heterocycles. The first-order valence-corrected chi connectivity index (χ1v) is 15.1. The Morgan fingerprint density at radius 2 is 1.70 bits per heavy atom. The molecule has 0 aromatic heterocycles. The zero-order valence-corrected chi connectivity index (χ0v) is 24.3. The van der Waals surface area contributed by atoms with Gasteiger partial charge in [-0.2, -0.15) is 0 Å². The first-order chi connectivity index (χ1) is 17.5. The maximum atomic E-state index is 13.5. The summed E-state index contributed by atoms with van der Waals surface area (Å²) < 4.78 is 26.2. The molecule has 204 valence electrons. The van der Waals surface area contributed by atoms with Crippen LogP contribution in [0.15, 0.2) is 42.5 Å². The Bertz CT molecular complexity index is 1160. The van der Waals surface area contributed by atoms with Gasteiger partial charge in [-0.25, -0.2) is 8.42 Å². The van der Waals surface area contributed by atoms with Crippen molar-refractivity contribution in [2.45, 2.75) is 65.5 Å². The van der Waals surface area contributed by atoms with Crippen LogP contribution in [0, 0.1) is 6.92 Å². The molecule has 2 aromatic rings. The molecule has 2 aromatic carbocycles. The third kappa shape index (κ3) is 9.51. The number of unbranched alkanes of at least 4 members (excludes halogenated alkanes) is 1. The predicted molar refractivity (Wildman–Crippen MR) is 152 cm³/mol. The molecule has 2 amide bonds. The number of anilines is 1. The molecule has 37 heavy (non-hydrogen) atoms. The fraction of sp³-hybridized carbons (Fsp3) is 0.481. The second-order valence-corrected chi connectivity index (χ2v) is 11.9. The van der Waals surface area contributed by atoms with Crippen LogP contribution in [-0.2, 0) is 26.2 Å². The Balaban J connectivity index is 2.22. The monoisotopic (exact) mass is 569 g/mol. The van der Waals surface area contributed by atoms with Crippen LogP contribution < -0.4 is 9.62 Å². The third-order valence-electron chi connectivity index (χ3n) is 6.02. The van der Waals surface area contributed by atoms with Gasteiger partial charge in [-0.05, 0) is 49.9 Å². The number of hydrogen-bond acceptors (Lipinski definition) is 4. The molecule has 10 heteroatoms. The lowest BCUT2D eigenvalue weighted by Crippen LogP contribution is -2.49. The zero-order valence-electron chi connectivity index (χ0n) is 22.0. The summed E-state index contributed by atoms with van der Waals surface area (Å²) in [6, 6.07) is 11.8. The van der Waals surface area contributed by atoms with Crippen molar-refractivity contribution in [3.8, 4) is 0 Å². The normalized spacial score (nSPS) is 12.2. The van der Waals surface area contributed by atoms with Gasteiger partial charge in [0.25, 0.3) is 0 Å². The summed E-state index contributed by atoms with van der Waals surface area (Å²) in [6.07, 6.45) is 3.67. The highest BCUT2D eigenvalue weighted by Gasteiger charge is 2.29. The van der Waals surface area contributed by atoms with Gasteiger partial charge >= 0.3 is 0 Å². The van der Waals surface area contributed by atoms with E-state index in [2.05, 4.69) is 5.32 Å². The lowest BCUT2D eigenvalue weighted by atomic mass is 10.1. The molecular weight excluding hydrogens is 533 g/mol. The van der Waals surface area contributed by atoms with Gasteiger partial charge < -0.3 is 10.2 Å². The van der Waals surface area contributed by atoms with Crippen molar-refractivity contribution in [3.05, 3.63) is 63.6 Å². The molecule has 0 aliphatic heterocycles. The van der Waals surface area contributed by atoms with Crippen molar-refractivity contribution in [1.29, 1.82) is 0 Å². The van der Waals surface area contributed by atoms with E-state index >= 15 is 0 Å². The maximum absolute atomic E-state index is 13.5. The number of benzene rings is 2. The fourth-order valence-electron chi connectivity index (χ4n) is 3.98. The zero-order chi connectivity index (χ0) is 27.6. The van der Waals surface area contributed by atoms with Crippen molar-refractivity contribution < 1.29 is 18.0 Å². The van der Waals surface area contributed by atoms with Gasteiger partial charge in [-0.1, -0.05) is 73.3 Å². The number of nitrogens with one attached hydrogen (secondary N) is 1. The second kappa shape index (κ2) is 14.6. The minimum Gasteiger partial charge on any atom is -0.354 e. The maximum Gasteiger partial charge on any atom is 0.242 e. The Kier molecular flexibility index (Phi) is 12.2. The first kappa shape index (κ1) is 30.9. The van der Waals surface area contributed by atoms with Crippen molar-refractivity contribution in [1.82, 2.24) is 10.2 Å². The van der Waals surface area contributed by atoms with Crippen LogP contribution in [0.2, 0.25) is 10.0 Å². The fourth-order valence-corrected chi connectivity index (χ4v) is 5.38. The van der Waals surface area contributed by atoms with E-state index in [1.165, 1.54) is 12.1 Å². The SMILES string of the molecule is CCCCNC(=O)C(CC)N(Cc1ccc(C)cc1)C(=O)CCCN(c1cc(Cl)ccc1Cl)S(C)(=O)=O. The van der Waals surface area contributed by atoms with Crippen LogP contribution in [0.3, 0.4) is 0 Å². The summed E-state index contributed by atoms with van der Waals surface area (Å²) in [5.41, 5.74) is 2.29. The average molecular weight is 571 g/mol. The van der Waals surface area contributed by atoms with E-state index in [4.69, 9.17) is 23.2 Å². The molecule has 1 unspecified atom stereocenters. The van der Waals surface area contributed by atoms with Crippen LogP contribution in [0.1, 0.15) is 57.1 Å². The number of amides is 2. The largest absolute Gasteiger partial charge is 0.354 e. The molecule has 1 atom stereocenters. The number of carbonyl (C=O) groups is 2. The molecule has 0 aliphatic rings. The van der Waals surface area contributed by atoms with E-state index in [-0.39, 0.29) is 48.5 Å². The summed E-state index contributed by atoms with van der Waals surface area (Å²) in [5, 5.41) is 3.55. The molecule has 1 N–H and O–H groups in total. The molecule has 0 bridgehead atoms. The highest BCUT2D eigenvalue weighted by Crippen LogP contribution is 2.31. The van der Waals surface area contributed by atoms with Crippen LogP contribution in [0.25, 0.3) is 0 Å². The minimum absolute atomic E-state index is 0.0441. The lowest BCUT2D eigenvalue weighted by molar-refractivity contribution is -0.141. The van der Waals surface area contributed by atoms with E-state index in [1.807, 2.05) is 45.0 Å². The van der Waals surface area contributed by atoms with Crippen molar-refractivity contribution >= 4 is 50.7 Å². The smallest absolute Gasteiger partial charge is 0.242 e. The van der Waals surface area contributed by atoms with Gasteiger partial charge in [0.1, 0.15) is 6.04 Å².